The van der Waals surface area contributed by atoms with Crippen LogP contribution in [0, 0.1) is 0 Å². The van der Waals surface area contributed by atoms with Crippen LogP contribution in [-0.4, -0.2) is 48.1 Å². The van der Waals surface area contributed by atoms with Crippen molar-refractivity contribution in [2.45, 2.75) is 46.2 Å². The molecule has 78 valence electrons. The summed E-state index contributed by atoms with van der Waals surface area (Å²) in [5.41, 5.74) is 0. The molecule has 0 spiro atoms. The average Bonchev–Trinajstić information content (AvgIpc) is 1.92. The Labute approximate surface area is 82.9 Å². The second-order valence-electron chi connectivity index (χ2n) is 4.62. The van der Waals surface area contributed by atoms with Gasteiger partial charge in [0.25, 0.3) is 0 Å². The maximum Gasteiger partial charge on any atom is 0.0115 e. The minimum atomic E-state index is 0.682. The molecule has 0 aromatic carbocycles. The second-order valence-corrected chi connectivity index (χ2v) is 4.62. The standard InChI is InChI=1S/C11H24N2/c1-10(2)13(11(3)4)9-8-12-6-5-7-12/h10-11H,5-9H2,1-4H3. The molecule has 0 aromatic rings. The first-order chi connectivity index (χ1) is 6.11. The minimum absolute atomic E-state index is 0.682. The van der Waals surface area contributed by atoms with Crippen LogP contribution in [-0.2, 0) is 0 Å². The first-order valence-electron chi connectivity index (χ1n) is 5.59. The smallest absolute Gasteiger partial charge is 0.0115 e. The van der Waals surface area contributed by atoms with E-state index in [0.717, 1.165) is 0 Å². The third kappa shape index (κ3) is 3.28. The molecule has 1 saturated heterocycles. The van der Waals surface area contributed by atoms with Crippen LogP contribution in [0.15, 0.2) is 0 Å². The quantitative estimate of drug-likeness (QED) is 0.643. The van der Waals surface area contributed by atoms with E-state index in [1.807, 2.05) is 0 Å². The van der Waals surface area contributed by atoms with Crippen molar-refractivity contribution < 1.29 is 0 Å². The first-order valence-corrected chi connectivity index (χ1v) is 5.59. The molecule has 1 fully saturated rings. The molecule has 0 amide bonds. The SMILES string of the molecule is CC(C)N(CCN1CCC1)C(C)C. The third-order valence-electron chi connectivity index (χ3n) is 2.95. The highest BCUT2D eigenvalue weighted by Gasteiger charge is 2.17. The van der Waals surface area contributed by atoms with Gasteiger partial charge in [-0.2, -0.15) is 0 Å². The van der Waals surface area contributed by atoms with Crippen LogP contribution < -0.4 is 0 Å². The molecule has 0 bridgehead atoms. The van der Waals surface area contributed by atoms with E-state index < -0.39 is 0 Å². The highest BCUT2D eigenvalue weighted by Crippen LogP contribution is 2.08. The molecule has 0 atom stereocenters. The molecule has 0 unspecified atom stereocenters. The summed E-state index contributed by atoms with van der Waals surface area (Å²) in [4.78, 5) is 5.11. The molecule has 0 saturated carbocycles. The van der Waals surface area contributed by atoms with E-state index in [1.165, 1.54) is 32.6 Å². The predicted molar refractivity (Wildman–Crippen MR) is 58.0 cm³/mol. The van der Waals surface area contributed by atoms with Gasteiger partial charge in [-0.25, -0.2) is 0 Å². The van der Waals surface area contributed by atoms with Crippen molar-refractivity contribution in [2.75, 3.05) is 26.2 Å². The van der Waals surface area contributed by atoms with Gasteiger partial charge in [0.2, 0.25) is 0 Å². The Hall–Kier alpha value is -0.0800. The molecule has 1 aliphatic rings. The summed E-state index contributed by atoms with van der Waals surface area (Å²) >= 11 is 0. The van der Waals surface area contributed by atoms with E-state index in [2.05, 4.69) is 37.5 Å². The number of hydrogen-bond acceptors (Lipinski definition) is 2. The van der Waals surface area contributed by atoms with Gasteiger partial charge in [0.15, 0.2) is 0 Å². The lowest BCUT2D eigenvalue weighted by Gasteiger charge is -2.36. The van der Waals surface area contributed by atoms with Crippen LogP contribution in [0.2, 0.25) is 0 Å². The van der Waals surface area contributed by atoms with Crippen molar-refractivity contribution in [3.63, 3.8) is 0 Å². The lowest BCUT2D eigenvalue weighted by Crippen LogP contribution is -2.46. The highest BCUT2D eigenvalue weighted by atomic mass is 15.2. The Morgan fingerprint density at radius 2 is 1.62 bits per heavy atom. The normalized spacial score (nSPS) is 18.7. The van der Waals surface area contributed by atoms with Gasteiger partial charge in [-0.1, -0.05) is 0 Å². The zero-order valence-electron chi connectivity index (χ0n) is 9.58. The van der Waals surface area contributed by atoms with Gasteiger partial charge in [0, 0.05) is 25.2 Å². The van der Waals surface area contributed by atoms with E-state index in [-0.39, 0.29) is 0 Å². The fourth-order valence-corrected chi connectivity index (χ4v) is 1.97. The molecule has 0 aliphatic carbocycles. The van der Waals surface area contributed by atoms with Crippen molar-refractivity contribution in [2.24, 2.45) is 0 Å². The first kappa shape index (κ1) is 11.0. The van der Waals surface area contributed by atoms with Gasteiger partial charge in [0.1, 0.15) is 0 Å². The Kier molecular flexibility index (Phi) is 4.20. The van der Waals surface area contributed by atoms with Crippen molar-refractivity contribution in [1.82, 2.24) is 9.80 Å². The lowest BCUT2D eigenvalue weighted by atomic mass is 10.2. The minimum Gasteiger partial charge on any atom is -0.302 e. The summed E-state index contributed by atoms with van der Waals surface area (Å²) < 4.78 is 0. The van der Waals surface area contributed by atoms with Crippen LogP contribution in [0.1, 0.15) is 34.1 Å². The molecule has 13 heavy (non-hydrogen) atoms. The van der Waals surface area contributed by atoms with Gasteiger partial charge in [-0.15, -0.1) is 0 Å². The Morgan fingerprint density at radius 1 is 1.08 bits per heavy atom. The Morgan fingerprint density at radius 3 is 1.92 bits per heavy atom. The Bertz CT molecular complexity index is 131. The van der Waals surface area contributed by atoms with Crippen LogP contribution in [0.5, 0.6) is 0 Å². The molecule has 1 rings (SSSR count). The van der Waals surface area contributed by atoms with E-state index in [1.54, 1.807) is 0 Å². The molecule has 2 nitrogen and oxygen atoms in total. The van der Waals surface area contributed by atoms with Crippen molar-refractivity contribution in [1.29, 1.82) is 0 Å². The summed E-state index contributed by atoms with van der Waals surface area (Å²) in [6.45, 7) is 14.3. The summed E-state index contributed by atoms with van der Waals surface area (Å²) in [6.07, 6.45) is 1.41. The van der Waals surface area contributed by atoms with Gasteiger partial charge in [-0.05, 0) is 47.2 Å². The number of rotatable bonds is 5. The molecule has 1 heterocycles. The van der Waals surface area contributed by atoms with Gasteiger partial charge in [-0.3, -0.25) is 4.90 Å². The topological polar surface area (TPSA) is 6.48 Å². The van der Waals surface area contributed by atoms with Gasteiger partial charge < -0.3 is 4.90 Å². The Balaban J connectivity index is 2.21. The van der Waals surface area contributed by atoms with Crippen LogP contribution >= 0.6 is 0 Å². The number of hydrogen-bond donors (Lipinski definition) is 0. The predicted octanol–water partition coefficient (Wildman–Crippen LogP) is 1.81. The molecule has 0 aromatic heterocycles. The van der Waals surface area contributed by atoms with Crippen LogP contribution in [0.4, 0.5) is 0 Å². The van der Waals surface area contributed by atoms with E-state index in [0.29, 0.717) is 12.1 Å². The van der Waals surface area contributed by atoms with Crippen molar-refractivity contribution in [3.8, 4) is 0 Å². The molecular formula is C11H24N2. The molecular weight excluding hydrogens is 160 g/mol. The lowest BCUT2D eigenvalue weighted by molar-refractivity contribution is 0.114. The van der Waals surface area contributed by atoms with Gasteiger partial charge in [0.05, 0.1) is 0 Å². The molecule has 0 N–H and O–H groups in total. The fourth-order valence-electron chi connectivity index (χ4n) is 1.97. The average molecular weight is 184 g/mol. The molecule has 0 radical (unpaired) electrons. The van der Waals surface area contributed by atoms with E-state index >= 15 is 0 Å². The summed E-state index contributed by atoms with van der Waals surface area (Å²) in [7, 11) is 0. The maximum atomic E-state index is 2.57. The second kappa shape index (κ2) is 4.97. The summed E-state index contributed by atoms with van der Waals surface area (Å²) in [6, 6.07) is 1.36. The summed E-state index contributed by atoms with van der Waals surface area (Å²) in [5.74, 6) is 0. The monoisotopic (exact) mass is 184 g/mol. The van der Waals surface area contributed by atoms with Gasteiger partial charge >= 0.3 is 0 Å². The maximum absolute atomic E-state index is 2.57. The van der Waals surface area contributed by atoms with E-state index in [9.17, 15) is 0 Å². The highest BCUT2D eigenvalue weighted by molar-refractivity contribution is 4.73. The van der Waals surface area contributed by atoms with E-state index in [4.69, 9.17) is 0 Å². The zero-order chi connectivity index (χ0) is 9.84. The van der Waals surface area contributed by atoms with Crippen LogP contribution in [0.25, 0.3) is 0 Å². The third-order valence-corrected chi connectivity index (χ3v) is 2.95. The van der Waals surface area contributed by atoms with Crippen LogP contribution in [0.3, 0.4) is 0 Å². The van der Waals surface area contributed by atoms with Crippen molar-refractivity contribution in [3.05, 3.63) is 0 Å². The number of nitrogens with zero attached hydrogens (tertiary/aromatic N) is 2. The molecule has 1 aliphatic heterocycles. The number of likely N-dealkylation sites (tertiary alicyclic amines) is 1. The zero-order valence-corrected chi connectivity index (χ0v) is 9.58. The largest absolute Gasteiger partial charge is 0.302 e. The summed E-state index contributed by atoms with van der Waals surface area (Å²) in [5, 5.41) is 0. The van der Waals surface area contributed by atoms with Crippen molar-refractivity contribution >= 4 is 0 Å². The fraction of sp³-hybridized carbons (Fsp3) is 1.00. The molecule has 2 heteroatoms.